The highest BCUT2D eigenvalue weighted by Crippen LogP contribution is 2.45. The van der Waals surface area contributed by atoms with E-state index in [4.69, 9.17) is 0 Å². The van der Waals surface area contributed by atoms with E-state index in [1.807, 2.05) is 31.2 Å². The lowest BCUT2D eigenvalue weighted by Gasteiger charge is -2.40. The van der Waals surface area contributed by atoms with Gasteiger partial charge in [-0.15, -0.1) is 0 Å². The third-order valence-corrected chi connectivity index (χ3v) is 7.75. The van der Waals surface area contributed by atoms with Crippen molar-refractivity contribution >= 4 is 15.4 Å². The molecule has 0 amide bonds. The highest BCUT2D eigenvalue weighted by atomic mass is 32.2. The average Bonchev–Trinajstić information content (AvgIpc) is 3.46. The molecule has 3 nitrogen and oxygen atoms in total. The molecule has 0 saturated heterocycles. The topological polar surface area (TPSA) is 49.3 Å². The van der Waals surface area contributed by atoms with Gasteiger partial charge in [-0.2, -0.15) is 13.2 Å². The lowest BCUT2D eigenvalue weighted by molar-refractivity contribution is -0.273. The molecule has 2 aliphatic carbocycles. The summed E-state index contributed by atoms with van der Waals surface area (Å²) in [5.74, 6) is 3.56. The molecule has 5 atom stereocenters. The number of fused-ring (bicyclic) bond motifs is 1. The van der Waals surface area contributed by atoms with Crippen molar-refractivity contribution in [1.29, 1.82) is 0 Å². The van der Waals surface area contributed by atoms with E-state index in [1.54, 1.807) is 36.4 Å². The van der Waals surface area contributed by atoms with Crippen molar-refractivity contribution in [1.82, 2.24) is 5.32 Å². The van der Waals surface area contributed by atoms with Crippen LogP contribution in [0.1, 0.15) is 31.4 Å². The predicted molar refractivity (Wildman–Crippen MR) is 117 cm³/mol. The summed E-state index contributed by atoms with van der Waals surface area (Å²) in [4.78, 5) is 0. The molecule has 3 rings (SSSR count). The summed E-state index contributed by atoms with van der Waals surface area (Å²) >= 11 is 0. The standard InChI is InChI=1S/C23H28F3NO2S/c1-3-14-30(2,29)15-13-22(28,23(24,25)26)21(17-9-5-4-6-10-17)27-20-12-8-7-11-18-16-19(18)20/h4-12,16,19-21,27-28H,2-3,13-15H2,1H3. The summed E-state index contributed by atoms with van der Waals surface area (Å²) in [5.41, 5.74) is -1.70. The van der Waals surface area contributed by atoms with Crippen LogP contribution in [0.3, 0.4) is 0 Å². The van der Waals surface area contributed by atoms with E-state index in [0.29, 0.717) is 12.0 Å². The zero-order chi connectivity index (χ0) is 22.0. The fraction of sp³-hybridized carbons (Fsp3) is 0.435. The Morgan fingerprint density at radius 1 is 1.20 bits per heavy atom. The van der Waals surface area contributed by atoms with Crippen LogP contribution in [0.4, 0.5) is 13.2 Å². The molecule has 0 heterocycles. The molecule has 0 fully saturated rings. The van der Waals surface area contributed by atoms with Gasteiger partial charge in [0, 0.05) is 23.5 Å². The Kier molecular flexibility index (Phi) is 6.65. The highest BCUT2D eigenvalue weighted by Gasteiger charge is 2.59. The molecule has 2 N–H and O–H groups in total. The lowest BCUT2D eigenvalue weighted by Crippen LogP contribution is -2.57. The maximum atomic E-state index is 14.3. The normalized spacial score (nSPS) is 25.4. The van der Waals surface area contributed by atoms with Gasteiger partial charge in [0.2, 0.25) is 0 Å². The summed E-state index contributed by atoms with van der Waals surface area (Å²) in [6.07, 6.45) is 4.32. The van der Waals surface area contributed by atoms with Crippen molar-refractivity contribution in [2.45, 2.75) is 43.6 Å². The van der Waals surface area contributed by atoms with E-state index in [0.717, 1.165) is 5.57 Å². The first kappa shape index (κ1) is 22.8. The summed E-state index contributed by atoms with van der Waals surface area (Å²) in [6.45, 7) is 1.81. The molecular formula is C23H28F3NO2S. The van der Waals surface area contributed by atoms with Crippen LogP contribution in [-0.4, -0.2) is 44.5 Å². The molecule has 0 spiro atoms. The number of hydrogen-bond donors (Lipinski definition) is 2. The van der Waals surface area contributed by atoms with Crippen LogP contribution in [0.2, 0.25) is 0 Å². The zero-order valence-electron chi connectivity index (χ0n) is 16.9. The number of halogens is 3. The number of hydrogen-bond acceptors (Lipinski definition) is 3. The van der Waals surface area contributed by atoms with Gasteiger partial charge in [-0.25, -0.2) is 0 Å². The quantitative estimate of drug-likeness (QED) is 0.568. The van der Waals surface area contributed by atoms with Crippen molar-refractivity contribution < 1.29 is 22.5 Å². The van der Waals surface area contributed by atoms with Gasteiger partial charge in [0.15, 0.2) is 5.60 Å². The smallest absolute Gasteiger partial charge is 0.379 e. The molecule has 1 aromatic rings. The van der Waals surface area contributed by atoms with Gasteiger partial charge in [-0.3, -0.25) is 9.53 Å². The molecule has 0 aliphatic heterocycles. The number of allylic oxidation sites excluding steroid dienone is 3. The van der Waals surface area contributed by atoms with Crippen LogP contribution < -0.4 is 5.32 Å². The third-order valence-electron chi connectivity index (χ3n) is 5.64. The highest BCUT2D eigenvalue weighted by molar-refractivity contribution is 8.00. The van der Waals surface area contributed by atoms with Gasteiger partial charge < -0.3 is 5.11 Å². The van der Waals surface area contributed by atoms with Crippen molar-refractivity contribution in [3.05, 3.63) is 71.8 Å². The molecule has 164 valence electrons. The van der Waals surface area contributed by atoms with Gasteiger partial charge in [0.05, 0.1) is 6.04 Å². The first-order chi connectivity index (χ1) is 14.1. The van der Waals surface area contributed by atoms with E-state index in [9.17, 15) is 22.5 Å². The molecule has 0 radical (unpaired) electrons. The Morgan fingerprint density at radius 3 is 2.53 bits per heavy atom. The van der Waals surface area contributed by atoms with Crippen LogP contribution in [0.5, 0.6) is 0 Å². The molecule has 7 heteroatoms. The van der Waals surface area contributed by atoms with Gasteiger partial charge in [-0.05, 0) is 39.4 Å². The maximum Gasteiger partial charge on any atom is 0.419 e. The monoisotopic (exact) mass is 439 g/mol. The SMILES string of the molecule is C=S(=O)(CCC)CCC(O)(C(NC1C=CC=CC2=CC21)c1ccccc1)C(F)(F)F. The number of nitrogens with one attached hydrogen (secondary N) is 1. The van der Waals surface area contributed by atoms with Gasteiger partial charge >= 0.3 is 6.18 Å². The zero-order valence-corrected chi connectivity index (χ0v) is 17.8. The van der Waals surface area contributed by atoms with Crippen LogP contribution >= 0.6 is 0 Å². The minimum atomic E-state index is -4.92. The molecule has 5 unspecified atom stereocenters. The summed E-state index contributed by atoms with van der Waals surface area (Å²) in [5, 5.41) is 14.2. The fourth-order valence-corrected chi connectivity index (χ4v) is 5.51. The van der Waals surface area contributed by atoms with Gasteiger partial charge in [-0.1, -0.05) is 67.6 Å². The second kappa shape index (κ2) is 8.73. The van der Waals surface area contributed by atoms with E-state index >= 15 is 0 Å². The van der Waals surface area contributed by atoms with Crippen LogP contribution in [0, 0.1) is 5.92 Å². The number of rotatable bonds is 9. The van der Waals surface area contributed by atoms with E-state index in [1.165, 1.54) is 0 Å². The Balaban J connectivity index is 1.95. The molecule has 0 bridgehead atoms. The van der Waals surface area contributed by atoms with Crippen LogP contribution in [0.25, 0.3) is 0 Å². The molecule has 0 saturated carbocycles. The molecule has 0 aromatic heterocycles. The minimum Gasteiger partial charge on any atom is -0.379 e. The summed E-state index contributed by atoms with van der Waals surface area (Å²) < 4.78 is 55.5. The number of alkyl halides is 3. The number of aliphatic hydroxyl groups is 1. The summed E-state index contributed by atoms with van der Waals surface area (Å²) in [6, 6.07) is 6.35. The maximum absolute atomic E-state index is 14.3. The van der Waals surface area contributed by atoms with E-state index in [2.05, 4.69) is 11.2 Å². The van der Waals surface area contributed by atoms with Crippen molar-refractivity contribution in [3.8, 4) is 0 Å². The average molecular weight is 440 g/mol. The minimum absolute atomic E-state index is 0.000790. The Bertz CT molecular complexity index is 935. The largest absolute Gasteiger partial charge is 0.419 e. The van der Waals surface area contributed by atoms with E-state index < -0.39 is 33.8 Å². The van der Waals surface area contributed by atoms with Crippen LogP contribution in [-0.2, 0) is 9.52 Å². The summed E-state index contributed by atoms with van der Waals surface area (Å²) in [7, 11) is -2.70. The third kappa shape index (κ3) is 5.07. The predicted octanol–water partition coefficient (Wildman–Crippen LogP) is 4.18. The van der Waals surface area contributed by atoms with E-state index in [-0.39, 0.29) is 23.5 Å². The second-order valence-electron chi connectivity index (χ2n) is 8.02. The van der Waals surface area contributed by atoms with Gasteiger partial charge in [0.1, 0.15) is 0 Å². The second-order valence-corrected chi connectivity index (χ2v) is 10.8. The molecule has 1 aromatic carbocycles. The van der Waals surface area contributed by atoms with Crippen LogP contribution in [0.15, 0.2) is 66.3 Å². The molecule has 30 heavy (non-hydrogen) atoms. The Labute approximate surface area is 176 Å². The Morgan fingerprint density at radius 2 is 1.90 bits per heavy atom. The van der Waals surface area contributed by atoms with Crippen molar-refractivity contribution in [2.24, 2.45) is 5.92 Å². The number of benzene rings is 1. The first-order valence-electron chi connectivity index (χ1n) is 10.1. The Hall–Kier alpha value is -1.83. The molecule has 2 aliphatic rings. The van der Waals surface area contributed by atoms with Crippen molar-refractivity contribution in [3.63, 3.8) is 0 Å². The lowest BCUT2D eigenvalue weighted by atomic mass is 9.84. The first-order valence-corrected chi connectivity index (χ1v) is 12.1. The van der Waals surface area contributed by atoms with Crippen molar-refractivity contribution in [2.75, 3.05) is 11.5 Å². The van der Waals surface area contributed by atoms with Gasteiger partial charge in [0.25, 0.3) is 0 Å². The molecular weight excluding hydrogens is 411 g/mol. The fourth-order valence-electron chi connectivity index (χ4n) is 3.88.